The Kier molecular flexibility index (Phi) is 10.1. The van der Waals surface area contributed by atoms with Crippen molar-refractivity contribution in [1.82, 2.24) is 10.2 Å². The number of benzene rings is 4. The lowest BCUT2D eigenvalue weighted by Crippen LogP contribution is -2.49. The molecule has 0 saturated carbocycles. The number of carbonyl (C=O) groups is 3. The number of piperidine rings is 1. The fourth-order valence-corrected chi connectivity index (χ4v) is 9.00. The Labute approximate surface area is 312 Å². The molecule has 2 N–H and O–H groups in total. The third-order valence-corrected chi connectivity index (χ3v) is 12.0. The number of rotatable bonds is 8. The molecule has 0 aromatic heterocycles. The fourth-order valence-electron chi connectivity index (χ4n) is 9.00. The van der Waals surface area contributed by atoms with Crippen LogP contribution in [-0.2, 0) is 16.0 Å². The number of aryl methyl sites for hydroxylation is 1. The average molecular weight is 712 g/mol. The van der Waals surface area contributed by atoms with Crippen molar-refractivity contribution >= 4 is 34.9 Å². The monoisotopic (exact) mass is 711 g/mol. The van der Waals surface area contributed by atoms with Crippen molar-refractivity contribution < 1.29 is 19.5 Å². The number of anilines is 3. The molecule has 3 heterocycles. The van der Waals surface area contributed by atoms with Crippen LogP contribution in [0.3, 0.4) is 0 Å². The summed E-state index contributed by atoms with van der Waals surface area (Å²) < 4.78 is 0. The first-order valence-electron chi connectivity index (χ1n) is 19.4. The maximum absolute atomic E-state index is 13.2. The van der Waals surface area contributed by atoms with Gasteiger partial charge in [0.15, 0.2) is 0 Å². The van der Waals surface area contributed by atoms with Crippen molar-refractivity contribution in [3.05, 3.63) is 119 Å². The van der Waals surface area contributed by atoms with Crippen molar-refractivity contribution in [1.29, 1.82) is 0 Å². The average Bonchev–Trinajstić information content (AvgIpc) is 3.20. The highest BCUT2D eigenvalue weighted by atomic mass is 16.3. The van der Waals surface area contributed by atoms with E-state index in [1.807, 2.05) is 41.3 Å². The maximum Gasteiger partial charge on any atom is 0.328 e. The van der Waals surface area contributed by atoms with E-state index < -0.39 is 0 Å². The number of hydrogen-bond acceptors (Lipinski definition) is 6. The van der Waals surface area contributed by atoms with E-state index in [0.29, 0.717) is 50.1 Å². The second-order valence-electron chi connectivity index (χ2n) is 15.1. The smallest absolute Gasteiger partial charge is 0.328 e. The minimum atomic E-state index is -0.375. The molecule has 4 aliphatic rings. The molecule has 0 radical (unpaired) electrons. The quantitative estimate of drug-likeness (QED) is 0.204. The van der Waals surface area contributed by atoms with Gasteiger partial charge in [0.1, 0.15) is 5.75 Å². The van der Waals surface area contributed by atoms with Gasteiger partial charge in [0.2, 0.25) is 11.8 Å². The number of phenols is 1. The van der Waals surface area contributed by atoms with Crippen LogP contribution in [0.1, 0.15) is 72.6 Å². The van der Waals surface area contributed by atoms with Gasteiger partial charge in [-0.25, -0.2) is 4.79 Å². The molecule has 0 bridgehead atoms. The van der Waals surface area contributed by atoms with Crippen LogP contribution < -0.4 is 20.0 Å². The Balaban J connectivity index is 0.808. The zero-order valence-corrected chi connectivity index (χ0v) is 30.3. The number of nitrogens with one attached hydrogen (secondary N) is 1. The van der Waals surface area contributed by atoms with Crippen LogP contribution in [0.15, 0.2) is 97.1 Å². The van der Waals surface area contributed by atoms with Crippen LogP contribution >= 0.6 is 0 Å². The third kappa shape index (κ3) is 7.61. The summed E-state index contributed by atoms with van der Waals surface area (Å²) in [7, 11) is 0. The number of amides is 4. The van der Waals surface area contributed by atoms with E-state index >= 15 is 0 Å². The minimum Gasteiger partial charge on any atom is -0.508 e. The van der Waals surface area contributed by atoms with E-state index in [1.54, 1.807) is 4.90 Å². The molecule has 274 valence electrons. The SMILES string of the molecule is O=C1CCN(c2ccc(N3CCN(C(=O)CCC4CCN(c5ccc([C@@H]6c7ccc(O)cc7CC[C@@H]6c6ccccc6)cc5)CC4)CC3)cc2)C(=O)N1. The van der Waals surface area contributed by atoms with Gasteiger partial charge in [0.25, 0.3) is 0 Å². The number of carbonyl (C=O) groups excluding carboxylic acids is 3. The van der Waals surface area contributed by atoms with Gasteiger partial charge in [-0.05, 0) is 115 Å². The standard InChI is InChI=1S/C44H49N5O4/c50-38-16-18-40-34(30-38)9-17-39(32-4-2-1-3-5-32)43(40)33-7-10-35(11-8-33)46-23-20-31(21-24-46)6-19-42(52)48-28-26-47(27-29-48)36-12-14-37(15-13-36)49-25-22-41(51)45-44(49)53/h1-5,7-8,10-16,18,30-31,39,43,50H,6,9,17,19-29H2,(H,45,51,53)/t39-,43+/m1/s1. The van der Waals surface area contributed by atoms with Gasteiger partial charge in [-0.2, -0.15) is 0 Å². The number of piperazine rings is 1. The van der Waals surface area contributed by atoms with Gasteiger partial charge in [0, 0.05) is 81.6 Å². The molecule has 1 aliphatic carbocycles. The Bertz CT molecular complexity index is 1920. The van der Waals surface area contributed by atoms with Gasteiger partial charge >= 0.3 is 6.03 Å². The second kappa shape index (κ2) is 15.3. The molecule has 9 heteroatoms. The van der Waals surface area contributed by atoms with Crippen molar-refractivity contribution in [3.63, 3.8) is 0 Å². The minimum absolute atomic E-state index is 0.235. The molecule has 3 saturated heterocycles. The van der Waals surface area contributed by atoms with Crippen molar-refractivity contribution in [2.75, 3.05) is 60.5 Å². The summed E-state index contributed by atoms with van der Waals surface area (Å²) in [5, 5.41) is 12.6. The highest BCUT2D eigenvalue weighted by Crippen LogP contribution is 2.47. The number of nitrogens with zero attached hydrogens (tertiary/aromatic N) is 4. The van der Waals surface area contributed by atoms with Crippen molar-refractivity contribution in [3.8, 4) is 5.75 Å². The zero-order chi connectivity index (χ0) is 36.3. The lowest BCUT2D eigenvalue weighted by atomic mass is 9.69. The third-order valence-electron chi connectivity index (χ3n) is 12.0. The molecular formula is C44H49N5O4. The van der Waals surface area contributed by atoms with Gasteiger partial charge < -0.3 is 19.8 Å². The van der Waals surface area contributed by atoms with Crippen LogP contribution in [0, 0.1) is 5.92 Å². The van der Waals surface area contributed by atoms with E-state index in [-0.39, 0.29) is 23.8 Å². The van der Waals surface area contributed by atoms with Crippen LogP contribution in [0.25, 0.3) is 0 Å². The first-order valence-corrected chi connectivity index (χ1v) is 19.4. The largest absolute Gasteiger partial charge is 0.508 e. The molecule has 4 aromatic rings. The summed E-state index contributed by atoms with van der Waals surface area (Å²) in [6.45, 7) is 5.40. The Morgan fingerprint density at radius 1 is 0.679 bits per heavy atom. The van der Waals surface area contributed by atoms with Gasteiger partial charge in [-0.15, -0.1) is 0 Å². The molecule has 2 atom stereocenters. The number of phenolic OH excluding ortho intramolecular Hbond substituents is 1. The van der Waals surface area contributed by atoms with Gasteiger partial charge in [-0.1, -0.05) is 48.5 Å². The van der Waals surface area contributed by atoms with E-state index in [0.717, 1.165) is 69.7 Å². The second-order valence-corrected chi connectivity index (χ2v) is 15.1. The van der Waals surface area contributed by atoms with Crippen molar-refractivity contribution in [2.45, 2.75) is 56.8 Å². The molecule has 4 aromatic carbocycles. The van der Waals surface area contributed by atoms with Crippen LogP contribution in [0.5, 0.6) is 5.75 Å². The van der Waals surface area contributed by atoms with Crippen LogP contribution in [0.4, 0.5) is 21.9 Å². The Hall–Kier alpha value is -5.31. The molecule has 9 nitrogen and oxygen atoms in total. The lowest BCUT2D eigenvalue weighted by molar-refractivity contribution is -0.131. The summed E-state index contributed by atoms with van der Waals surface area (Å²) >= 11 is 0. The van der Waals surface area contributed by atoms with E-state index in [4.69, 9.17) is 0 Å². The van der Waals surface area contributed by atoms with Crippen LogP contribution in [0.2, 0.25) is 0 Å². The number of imide groups is 1. The molecule has 3 fully saturated rings. The Morgan fingerprint density at radius 3 is 2.04 bits per heavy atom. The molecular weight excluding hydrogens is 663 g/mol. The van der Waals surface area contributed by atoms with Crippen molar-refractivity contribution in [2.24, 2.45) is 5.92 Å². The maximum atomic E-state index is 13.2. The number of aromatic hydroxyl groups is 1. The zero-order valence-electron chi connectivity index (χ0n) is 30.3. The highest BCUT2D eigenvalue weighted by molar-refractivity contribution is 6.05. The molecule has 8 rings (SSSR count). The first kappa shape index (κ1) is 34.8. The molecule has 4 amide bonds. The summed E-state index contributed by atoms with van der Waals surface area (Å²) in [6.07, 6.45) is 6.09. The Morgan fingerprint density at radius 2 is 1.34 bits per heavy atom. The highest BCUT2D eigenvalue weighted by Gasteiger charge is 2.33. The topological polar surface area (TPSA) is 96.4 Å². The molecule has 53 heavy (non-hydrogen) atoms. The molecule has 3 aliphatic heterocycles. The molecule has 0 spiro atoms. The summed E-state index contributed by atoms with van der Waals surface area (Å²) in [5.74, 6) is 1.58. The van der Waals surface area contributed by atoms with E-state index in [9.17, 15) is 19.5 Å². The van der Waals surface area contributed by atoms with E-state index in [2.05, 4.69) is 75.8 Å². The first-order chi connectivity index (χ1) is 25.9. The summed E-state index contributed by atoms with van der Waals surface area (Å²) in [5.41, 5.74) is 8.39. The summed E-state index contributed by atoms with van der Waals surface area (Å²) in [6, 6.07) is 33.5. The number of hydrogen-bond donors (Lipinski definition) is 2. The van der Waals surface area contributed by atoms with E-state index in [1.165, 1.54) is 27.9 Å². The predicted molar refractivity (Wildman–Crippen MR) is 209 cm³/mol. The van der Waals surface area contributed by atoms with Gasteiger partial charge in [-0.3, -0.25) is 19.8 Å². The van der Waals surface area contributed by atoms with Gasteiger partial charge in [0.05, 0.1) is 0 Å². The number of urea groups is 1. The normalized spacial score (nSPS) is 21.0. The summed E-state index contributed by atoms with van der Waals surface area (Å²) in [4.78, 5) is 45.3. The van der Waals surface area contributed by atoms with Crippen LogP contribution in [-0.4, -0.2) is 73.7 Å². The predicted octanol–water partition coefficient (Wildman–Crippen LogP) is 7.05. The lowest BCUT2D eigenvalue weighted by Gasteiger charge is -2.37. The fraction of sp³-hybridized carbons (Fsp3) is 0.386. The molecule has 0 unspecified atom stereocenters. The number of fused-ring (bicyclic) bond motifs is 1.